The molecule has 4 aromatic rings. The van der Waals surface area contributed by atoms with E-state index in [-0.39, 0.29) is 0 Å². The molecular formula is C28H21F3O3S. The number of aryl methyl sites for hydroxylation is 1. The number of fused-ring (bicyclic) bond motifs is 3. The summed E-state index contributed by atoms with van der Waals surface area (Å²) in [5.74, 6) is -2.11. The molecule has 0 amide bonds. The molecule has 0 N–H and O–H groups in total. The first-order valence-electron chi connectivity index (χ1n) is 10.8. The van der Waals surface area contributed by atoms with Crippen molar-refractivity contribution in [3.63, 3.8) is 0 Å². The lowest BCUT2D eigenvalue weighted by molar-refractivity contribution is -0.344. The molecule has 35 heavy (non-hydrogen) atoms. The highest BCUT2D eigenvalue weighted by Gasteiger charge is 2.30. The van der Waals surface area contributed by atoms with Crippen LogP contribution in [0.1, 0.15) is 11.1 Å². The van der Waals surface area contributed by atoms with Gasteiger partial charge < -0.3 is 14.6 Å². The maximum Gasteiger partial charge on any atom is 0.430 e. The van der Waals surface area contributed by atoms with E-state index in [0.717, 1.165) is 18.6 Å². The largest absolute Gasteiger partial charge is 0.542 e. The van der Waals surface area contributed by atoms with Gasteiger partial charge in [0.05, 0.1) is 7.11 Å². The zero-order valence-corrected chi connectivity index (χ0v) is 19.6. The van der Waals surface area contributed by atoms with Crippen LogP contribution in [-0.2, 0) is 17.6 Å². The Kier molecular flexibility index (Phi) is 7.17. The number of aliphatic carboxylic acids is 1. The van der Waals surface area contributed by atoms with Crippen molar-refractivity contribution in [2.45, 2.75) is 19.0 Å². The molecular weight excluding hydrogens is 473 g/mol. The topological polar surface area (TPSA) is 49.4 Å². The summed E-state index contributed by atoms with van der Waals surface area (Å²) in [5.41, 5.74) is 8.17. The van der Waals surface area contributed by atoms with Crippen molar-refractivity contribution in [2.24, 2.45) is 0 Å². The zero-order valence-electron chi connectivity index (χ0n) is 18.8. The molecule has 1 heterocycles. The van der Waals surface area contributed by atoms with Gasteiger partial charge in [-0.2, -0.15) is 13.2 Å². The number of halogens is 3. The smallest absolute Gasteiger partial charge is 0.430 e. The van der Waals surface area contributed by atoms with E-state index in [1.54, 1.807) is 7.11 Å². The first kappa shape index (κ1) is 24.4. The van der Waals surface area contributed by atoms with Gasteiger partial charge in [-0.25, -0.2) is 0 Å². The van der Waals surface area contributed by atoms with E-state index in [2.05, 4.69) is 84.9 Å². The van der Waals surface area contributed by atoms with Crippen LogP contribution < -0.4 is 9.84 Å². The van der Waals surface area contributed by atoms with Crippen LogP contribution in [0.4, 0.5) is 13.2 Å². The van der Waals surface area contributed by atoms with Gasteiger partial charge in [-0.05, 0) is 59.9 Å². The van der Waals surface area contributed by atoms with Crippen LogP contribution in [0.25, 0.3) is 32.0 Å². The van der Waals surface area contributed by atoms with Crippen LogP contribution in [0, 0.1) is 0 Å². The fourth-order valence-corrected chi connectivity index (χ4v) is 5.29. The number of carbonyl (C=O) groups is 1. The number of carboxylic acids is 1. The van der Waals surface area contributed by atoms with Gasteiger partial charge in [0, 0.05) is 22.8 Å². The van der Waals surface area contributed by atoms with E-state index >= 15 is 0 Å². The summed E-state index contributed by atoms with van der Waals surface area (Å²) in [4.78, 5) is 11.5. The summed E-state index contributed by atoms with van der Waals surface area (Å²) in [6, 6.07) is 30.4. The van der Waals surface area contributed by atoms with Gasteiger partial charge in [-0.3, -0.25) is 0 Å². The number of ether oxygens (including phenoxy) is 1. The number of benzene rings is 3. The Morgan fingerprint density at radius 2 is 1.49 bits per heavy atom. The van der Waals surface area contributed by atoms with Crippen LogP contribution in [0.15, 0.2) is 84.9 Å². The Balaban J connectivity index is 0.000000364. The highest BCUT2D eigenvalue weighted by molar-refractivity contribution is 7.18. The average molecular weight is 495 g/mol. The predicted molar refractivity (Wildman–Crippen MR) is 130 cm³/mol. The molecule has 5 rings (SSSR count). The Labute approximate surface area is 205 Å². The third-order valence-electron chi connectivity index (χ3n) is 5.68. The third kappa shape index (κ3) is 5.52. The lowest BCUT2D eigenvalue weighted by Gasteiger charge is -2.17. The highest BCUT2D eigenvalue weighted by atomic mass is 32.1. The van der Waals surface area contributed by atoms with E-state index in [1.807, 2.05) is 11.3 Å². The number of alkyl halides is 3. The minimum Gasteiger partial charge on any atom is -0.542 e. The summed E-state index contributed by atoms with van der Waals surface area (Å²) in [5, 5.41) is 8.78. The summed E-state index contributed by atoms with van der Waals surface area (Å²) < 4.78 is 36.9. The second kappa shape index (κ2) is 10.3. The summed E-state index contributed by atoms with van der Waals surface area (Å²) >= 11 is 1.91. The van der Waals surface area contributed by atoms with E-state index in [4.69, 9.17) is 14.6 Å². The molecule has 0 fully saturated rings. The van der Waals surface area contributed by atoms with Gasteiger partial charge >= 0.3 is 6.18 Å². The SMILES string of the molecule is COc1ccc(-c2cc(-c3ccccc3)[s+]c3c2CCc2ccccc2-3)cc1.O=C([O-])C(F)(F)F. The van der Waals surface area contributed by atoms with Crippen molar-refractivity contribution < 1.29 is 27.8 Å². The number of rotatable bonds is 3. The number of carbonyl (C=O) groups excluding carboxylic acids is 1. The third-order valence-corrected chi connectivity index (χ3v) is 6.93. The van der Waals surface area contributed by atoms with E-state index in [9.17, 15) is 13.2 Å². The van der Waals surface area contributed by atoms with Crippen LogP contribution in [-0.4, -0.2) is 19.3 Å². The Morgan fingerprint density at radius 1 is 0.857 bits per heavy atom. The summed E-state index contributed by atoms with van der Waals surface area (Å²) in [7, 11) is 1.71. The minimum absolute atomic E-state index is 0.894. The highest BCUT2D eigenvalue weighted by Crippen LogP contribution is 2.45. The fourth-order valence-electron chi connectivity index (χ4n) is 4.00. The van der Waals surface area contributed by atoms with E-state index < -0.39 is 12.1 Å². The Hall–Kier alpha value is -3.71. The molecule has 0 saturated carbocycles. The minimum atomic E-state index is -5.19. The Bertz CT molecular complexity index is 1330. The molecule has 0 atom stereocenters. The second-order valence-corrected chi connectivity index (χ2v) is 8.92. The molecule has 0 saturated heterocycles. The van der Waals surface area contributed by atoms with Gasteiger partial charge in [-0.1, -0.05) is 48.5 Å². The predicted octanol–water partition coefficient (Wildman–Crippen LogP) is 6.44. The molecule has 1 aliphatic rings. The number of hydrogen-bond donors (Lipinski definition) is 0. The van der Waals surface area contributed by atoms with E-state index in [0.29, 0.717) is 0 Å². The lowest BCUT2D eigenvalue weighted by Crippen LogP contribution is -2.37. The van der Waals surface area contributed by atoms with Crippen molar-refractivity contribution in [3.8, 4) is 37.8 Å². The first-order valence-corrected chi connectivity index (χ1v) is 11.7. The maximum atomic E-state index is 10.5. The standard InChI is InChI=1S/C26H21OS.C2HF3O2/c1-27-21-14-11-19(12-15-21)24-17-25(20-8-3-2-4-9-20)28-26-22-10-6-5-7-18(22)13-16-23(24)26;3-2(4,5)1(6)7/h2-12,14-15,17H,13,16H2,1H3;(H,6,7)/q+1;/p-1. The van der Waals surface area contributed by atoms with Gasteiger partial charge in [0.2, 0.25) is 21.1 Å². The molecule has 0 aliphatic heterocycles. The molecule has 0 unspecified atom stereocenters. The quantitative estimate of drug-likeness (QED) is 0.308. The van der Waals surface area contributed by atoms with Gasteiger partial charge in [0.1, 0.15) is 11.7 Å². The van der Waals surface area contributed by atoms with E-state index in [1.165, 1.54) is 43.1 Å². The molecule has 1 aromatic heterocycles. The molecule has 1 aliphatic carbocycles. The Morgan fingerprint density at radius 3 is 2.11 bits per heavy atom. The van der Waals surface area contributed by atoms with Crippen molar-refractivity contribution >= 4 is 17.3 Å². The molecule has 178 valence electrons. The zero-order chi connectivity index (χ0) is 25.0. The van der Waals surface area contributed by atoms with Crippen LogP contribution in [0.2, 0.25) is 0 Å². The molecule has 3 nitrogen and oxygen atoms in total. The molecule has 7 heteroatoms. The van der Waals surface area contributed by atoms with Crippen LogP contribution >= 0.6 is 11.3 Å². The molecule has 0 bridgehead atoms. The van der Waals surface area contributed by atoms with Crippen molar-refractivity contribution in [3.05, 3.63) is 96.1 Å². The van der Waals surface area contributed by atoms with Gasteiger partial charge in [0.15, 0.2) is 0 Å². The number of hydrogen-bond acceptors (Lipinski definition) is 3. The normalized spacial score (nSPS) is 12.0. The van der Waals surface area contributed by atoms with Gasteiger partial charge in [0.25, 0.3) is 0 Å². The van der Waals surface area contributed by atoms with Crippen molar-refractivity contribution in [1.29, 1.82) is 0 Å². The molecule has 3 aromatic carbocycles. The molecule has 0 spiro atoms. The molecule has 0 radical (unpaired) electrons. The second-order valence-electron chi connectivity index (χ2n) is 7.87. The lowest BCUT2D eigenvalue weighted by atomic mass is 9.87. The average Bonchev–Trinajstić information content (AvgIpc) is 2.88. The number of methoxy groups -OCH3 is 1. The van der Waals surface area contributed by atoms with Gasteiger partial charge in [-0.15, -0.1) is 0 Å². The fraction of sp³-hybridized carbons (Fsp3) is 0.143. The maximum absolute atomic E-state index is 10.5. The summed E-state index contributed by atoms with van der Waals surface area (Å²) in [6.45, 7) is 0. The summed E-state index contributed by atoms with van der Waals surface area (Å²) in [6.07, 6.45) is -3.01. The van der Waals surface area contributed by atoms with Crippen molar-refractivity contribution in [1.82, 2.24) is 0 Å². The van der Waals surface area contributed by atoms with Crippen LogP contribution in [0.3, 0.4) is 0 Å². The van der Waals surface area contributed by atoms with Crippen LogP contribution in [0.5, 0.6) is 5.75 Å². The number of carboxylic acid groups (broad SMARTS) is 1. The van der Waals surface area contributed by atoms with Crippen molar-refractivity contribution in [2.75, 3.05) is 7.11 Å². The first-order chi connectivity index (χ1) is 16.8. The monoisotopic (exact) mass is 494 g/mol.